The summed E-state index contributed by atoms with van der Waals surface area (Å²) in [5, 5.41) is 20.9. The van der Waals surface area contributed by atoms with Gasteiger partial charge in [-0.15, -0.1) is 0 Å². The molecule has 1 saturated heterocycles. The molecule has 186 valence electrons. The number of non-ortho nitro benzene ring substituents is 1. The summed E-state index contributed by atoms with van der Waals surface area (Å²) in [5.74, 6) is 0. The van der Waals surface area contributed by atoms with Crippen LogP contribution in [0.5, 0.6) is 0 Å². The number of nitro benzene ring substituents is 1. The number of aliphatic hydroxyl groups is 1. The van der Waals surface area contributed by atoms with E-state index in [2.05, 4.69) is 46.2 Å². The van der Waals surface area contributed by atoms with Gasteiger partial charge in [0.2, 0.25) is 0 Å². The van der Waals surface area contributed by atoms with Gasteiger partial charge in [0.05, 0.1) is 4.92 Å². The first-order chi connectivity index (χ1) is 17.6. The van der Waals surface area contributed by atoms with Gasteiger partial charge in [-0.3, -0.25) is 15.0 Å². The molecule has 2 fully saturated rings. The number of nitro groups is 1. The Bertz CT molecular complexity index is 1190. The monoisotopic (exact) mass is 483 g/mol. The minimum Gasteiger partial charge on any atom is -0.396 e. The molecule has 0 radical (unpaired) electrons. The predicted octanol–water partition coefficient (Wildman–Crippen LogP) is 5.61. The van der Waals surface area contributed by atoms with Crippen LogP contribution in [0.2, 0.25) is 0 Å². The second-order valence-electron chi connectivity index (χ2n) is 9.65. The minimum absolute atomic E-state index is 0.0791. The molecule has 3 aromatic carbocycles. The van der Waals surface area contributed by atoms with E-state index in [1.54, 1.807) is 12.1 Å². The van der Waals surface area contributed by atoms with E-state index >= 15 is 0 Å². The van der Waals surface area contributed by atoms with Crippen LogP contribution in [0.1, 0.15) is 42.4 Å². The van der Waals surface area contributed by atoms with Gasteiger partial charge in [-0.25, -0.2) is 0 Å². The second kappa shape index (κ2) is 11.1. The molecular formula is C30H33N3O3. The topological polar surface area (TPSA) is 69.8 Å². The average Bonchev–Trinajstić information content (AvgIpc) is 3.78. The van der Waals surface area contributed by atoms with E-state index < -0.39 is 0 Å². The first-order valence-electron chi connectivity index (χ1n) is 12.9. The van der Waals surface area contributed by atoms with Gasteiger partial charge < -0.3 is 10.0 Å². The largest absolute Gasteiger partial charge is 0.396 e. The van der Waals surface area contributed by atoms with Crippen LogP contribution in [-0.2, 0) is 0 Å². The quantitative estimate of drug-likeness (QED) is 0.243. The van der Waals surface area contributed by atoms with Crippen molar-refractivity contribution in [1.82, 2.24) is 4.90 Å². The van der Waals surface area contributed by atoms with Crippen molar-refractivity contribution >= 4 is 22.5 Å². The molecule has 0 unspecified atom stereocenters. The highest BCUT2D eigenvalue weighted by molar-refractivity contribution is 5.98. The zero-order valence-electron chi connectivity index (χ0n) is 20.6. The average molecular weight is 484 g/mol. The van der Waals surface area contributed by atoms with Gasteiger partial charge in [-0.1, -0.05) is 42.5 Å². The highest BCUT2D eigenvalue weighted by Gasteiger charge is 2.31. The summed E-state index contributed by atoms with van der Waals surface area (Å²) in [7, 11) is 0. The standard InChI is InChI=1S/C30H33N3O3/c34-22-4-7-29(23-5-2-1-3-6-23)30(25-10-14-28(15-11-25)33(35)36)24-8-12-26(13-9-24)31-18-20-32(21-19-31)27-16-17-27/h1-3,5-6,8-15,27,34H,4,7,16-22H2/b30-29+. The van der Waals surface area contributed by atoms with Gasteiger partial charge in [-0.2, -0.15) is 0 Å². The van der Waals surface area contributed by atoms with Crippen molar-refractivity contribution in [2.75, 3.05) is 37.7 Å². The summed E-state index contributed by atoms with van der Waals surface area (Å²) < 4.78 is 0. The molecule has 0 amide bonds. The highest BCUT2D eigenvalue weighted by atomic mass is 16.6. The van der Waals surface area contributed by atoms with E-state index in [9.17, 15) is 15.2 Å². The Morgan fingerprint density at radius 3 is 2.00 bits per heavy atom. The lowest BCUT2D eigenvalue weighted by atomic mass is 9.87. The molecule has 1 aliphatic carbocycles. The Labute approximate surface area is 212 Å². The molecule has 3 aromatic rings. The van der Waals surface area contributed by atoms with Crippen LogP contribution in [0, 0.1) is 10.1 Å². The van der Waals surface area contributed by atoms with Gasteiger partial charge in [0, 0.05) is 56.6 Å². The summed E-state index contributed by atoms with van der Waals surface area (Å²) >= 11 is 0. The van der Waals surface area contributed by atoms with Crippen molar-refractivity contribution < 1.29 is 10.0 Å². The zero-order chi connectivity index (χ0) is 24.9. The molecule has 1 aliphatic heterocycles. The Morgan fingerprint density at radius 1 is 0.833 bits per heavy atom. The lowest BCUT2D eigenvalue weighted by Gasteiger charge is -2.36. The van der Waals surface area contributed by atoms with Crippen molar-refractivity contribution in [2.24, 2.45) is 0 Å². The SMILES string of the molecule is O=[N+]([O-])c1ccc(/C(=C(\CCCO)c2ccccc2)c2ccc(N3CCN(C4CC4)CC3)cc2)cc1. The van der Waals surface area contributed by atoms with Crippen LogP contribution in [0.25, 0.3) is 11.1 Å². The molecule has 0 aromatic heterocycles. The number of hydrogen-bond donors (Lipinski definition) is 1. The fraction of sp³-hybridized carbons (Fsp3) is 0.333. The van der Waals surface area contributed by atoms with Crippen molar-refractivity contribution in [3.05, 3.63) is 106 Å². The van der Waals surface area contributed by atoms with Crippen LogP contribution in [0.15, 0.2) is 78.9 Å². The Hall–Kier alpha value is -3.48. The Kier molecular flexibility index (Phi) is 7.44. The van der Waals surface area contributed by atoms with Gasteiger partial charge in [-0.05, 0) is 77.8 Å². The first-order valence-corrected chi connectivity index (χ1v) is 12.9. The Balaban J connectivity index is 1.51. The molecular weight excluding hydrogens is 450 g/mol. The third-order valence-corrected chi connectivity index (χ3v) is 7.27. The summed E-state index contributed by atoms with van der Waals surface area (Å²) in [6, 6.07) is 26.6. The molecule has 2 aliphatic rings. The number of piperazine rings is 1. The van der Waals surface area contributed by atoms with Crippen LogP contribution in [0.3, 0.4) is 0 Å². The van der Waals surface area contributed by atoms with Crippen molar-refractivity contribution in [3.8, 4) is 0 Å². The maximum Gasteiger partial charge on any atom is 0.269 e. The summed E-state index contributed by atoms with van der Waals surface area (Å²) in [6.45, 7) is 4.45. The third-order valence-electron chi connectivity index (χ3n) is 7.27. The van der Waals surface area contributed by atoms with Crippen LogP contribution in [-0.4, -0.2) is 53.8 Å². The van der Waals surface area contributed by atoms with Crippen LogP contribution >= 0.6 is 0 Å². The minimum atomic E-state index is -0.366. The number of allylic oxidation sites excluding steroid dienone is 1. The zero-order valence-corrected chi connectivity index (χ0v) is 20.6. The lowest BCUT2D eigenvalue weighted by Crippen LogP contribution is -2.47. The van der Waals surface area contributed by atoms with E-state index in [0.29, 0.717) is 12.8 Å². The molecule has 36 heavy (non-hydrogen) atoms. The van der Waals surface area contributed by atoms with Crippen molar-refractivity contribution in [2.45, 2.75) is 31.7 Å². The molecule has 6 heteroatoms. The maximum atomic E-state index is 11.3. The van der Waals surface area contributed by atoms with E-state index in [1.165, 1.54) is 18.5 Å². The number of anilines is 1. The van der Waals surface area contributed by atoms with Crippen molar-refractivity contribution in [3.63, 3.8) is 0 Å². The molecule has 1 heterocycles. The number of aliphatic hydroxyl groups excluding tert-OH is 1. The van der Waals surface area contributed by atoms with Crippen LogP contribution in [0.4, 0.5) is 11.4 Å². The molecule has 0 atom stereocenters. The maximum absolute atomic E-state index is 11.3. The number of nitrogens with zero attached hydrogens (tertiary/aromatic N) is 3. The molecule has 0 spiro atoms. The van der Waals surface area contributed by atoms with E-state index in [-0.39, 0.29) is 17.2 Å². The van der Waals surface area contributed by atoms with Crippen molar-refractivity contribution in [1.29, 1.82) is 0 Å². The predicted molar refractivity (Wildman–Crippen MR) is 145 cm³/mol. The molecule has 0 bridgehead atoms. The molecule has 5 rings (SSSR count). The smallest absolute Gasteiger partial charge is 0.269 e. The lowest BCUT2D eigenvalue weighted by molar-refractivity contribution is -0.384. The van der Waals surface area contributed by atoms with Gasteiger partial charge >= 0.3 is 0 Å². The van der Waals surface area contributed by atoms with Gasteiger partial charge in [0.25, 0.3) is 5.69 Å². The number of benzene rings is 3. The normalized spacial score (nSPS) is 17.1. The van der Waals surface area contributed by atoms with E-state index in [4.69, 9.17) is 0 Å². The fourth-order valence-electron chi connectivity index (χ4n) is 5.20. The molecule has 1 N–H and O–H groups in total. The van der Waals surface area contributed by atoms with Crippen LogP contribution < -0.4 is 4.90 Å². The van der Waals surface area contributed by atoms with Gasteiger partial charge in [0.15, 0.2) is 0 Å². The molecule has 1 saturated carbocycles. The van der Waals surface area contributed by atoms with E-state index in [1.807, 2.05) is 30.3 Å². The fourth-order valence-corrected chi connectivity index (χ4v) is 5.20. The number of hydrogen-bond acceptors (Lipinski definition) is 5. The van der Waals surface area contributed by atoms with E-state index in [0.717, 1.165) is 60.1 Å². The number of rotatable bonds is 9. The highest BCUT2D eigenvalue weighted by Crippen LogP contribution is 2.37. The van der Waals surface area contributed by atoms with Gasteiger partial charge in [0.1, 0.15) is 0 Å². The molecule has 6 nitrogen and oxygen atoms in total. The summed E-state index contributed by atoms with van der Waals surface area (Å²) in [5.41, 5.74) is 6.59. The third kappa shape index (κ3) is 5.50. The summed E-state index contributed by atoms with van der Waals surface area (Å²) in [4.78, 5) is 16.0. The Morgan fingerprint density at radius 2 is 1.44 bits per heavy atom. The first kappa shape index (κ1) is 24.2. The summed E-state index contributed by atoms with van der Waals surface area (Å²) in [6.07, 6.45) is 4.06. The second-order valence-corrected chi connectivity index (χ2v) is 9.65.